The SMILES string of the molecule is COc1ccc(CC(=O)c2c[nH]c3ccc(Cl)cc23)cc1. The van der Waals surface area contributed by atoms with Crippen LogP contribution in [-0.4, -0.2) is 17.9 Å². The third kappa shape index (κ3) is 2.78. The van der Waals surface area contributed by atoms with E-state index in [1.165, 1.54) is 0 Å². The van der Waals surface area contributed by atoms with E-state index < -0.39 is 0 Å². The van der Waals surface area contributed by atoms with Crippen LogP contribution in [0.5, 0.6) is 5.75 Å². The summed E-state index contributed by atoms with van der Waals surface area (Å²) in [6, 6.07) is 13.0. The van der Waals surface area contributed by atoms with Gasteiger partial charge in [0.1, 0.15) is 5.75 Å². The maximum Gasteiger partial charge on any atom is 0.169 e. The quantitative estimate of drug-likeness (QED) is 0.732. The molecule has 4 heteroatoms. The van der Waals surface area contributed by atoms with Gasteiger partial charge in [-0.25, -0.2) is 0 Å². The summed E-state index contributed by atoms with van der Waals surface area (Å²) in [5.74, 6) is 0.846. The molecule has 1 heterocycles. The van der Waals surface area contributed by atoms with Crippen molar-refractivity contribution in [3.8, 4) is 5.75 Å². The number of nitrogens with one attached hydrogen (secondary N) is 1. The second-order valence-corrected chi connectivity index (χ2v) is 5.28. The second-order valence-electron chi connectivity index (χ2n) is 4.84. The molecule has 106 valence electrons. The van der Waals surface area contributed by atoms with Gasteiger partial charge in [0.25, 0.3) is 0 Å². The summed E-state index contributed by atoms with van der Waals surface area (Å²) in [5, 5.41) is 1.49. The Balaban J connectivity index is 1.87. The van der Waals surface area contributed by atoms with Gasteiger partial charge < -0.3 is 9.72 Å². The number of carbonyl (C=O) groups excluding carboxylic acids is 1. The first-order valence-corrected chi connectivity index (χ1v) is 6.98. The molecule has 3 rings (SSSR count). The fourth-order valence-electron chi connectivity index (χ4n) is 2.35. The van der Waals surface area contributed by atoms with Gasteiger partial charge in [-0.3, -0.25) is 4.79 Å². The second kappa shape index (κ2) is 5.62. The van der Waals surface area contributed by atoms with Gasteiger partial charge in [0.15, 0.2) is 5.78 Å². The highest BCUT2D eigenvalue weighted by Gasteiger charge is 2.13. The number of halogens is 1. The molecule has 0 fully saturated rings. The molecule has 2 aromatic carbocycles. The van der Waals surface area contributed by atoms with E-state index in [4.69, 9.17) is 16.3 Å². The Morgan fingerprint density at radius 2 is 1.95 bits per heavy atom. The lowest BCUT2D eigenvalue weighted by Gasteiger charge is -2.03. The number of hydrogen-bond acceptors (Lipinski definition) is 2. The molecule has 1 N–H and O–H groups in total. The summed E-state index contributed by atoms with van der Waals surface area (Å²) in [7, 11) is 1.62. The fourth-order valence-corrected chi connectivity index (χ4v) is 2.52. The number of ether oxygens (including phenoxy) is 1. The number of aromatic amines is 1. The van der Waals surface area contributed by atoms with Crippen molar-refractivity contribution in [3.63, 3.8) is 0 Å². The van der Waals surface area contributed by atoms with Crippen LogP contribution in [0.3, 0.4) is 0 Å². The van der Waals surface area contributed by atoms with E-state index in [0.717, 1.165) is 22.2 Å². The minimum absolute atomic E-state index is 0.0636. The number of fused-ring (bicyclic) bond motifs is 1. The van der Waals surface area contributed by atoms with Gasteiger partial charge in [-0.15, -0.1) is 0 Å². The molecule has 0 radical (unpaired) electrons. The minimum atomic E-state index is 0.0636. The Morgan fingerprint density at radius 3 is 2.67 bits per heavy atom. The number of benzene rings is 2. The van der Waals surface area contributed by atoms with Crippen LogP contribution in [0.1, 0.15) is 15.9 Å². The van der Waals surface area contributed by atoms with Gasteiger partial charge in [-0.05, 0) is 35.9 Å². The van der Waals surface area contributed by atoms with Crippen LogP contribution in [0.15, 0.2) is 48.7 Å². The molecular formula is C17H14ClNO2. The number of methoxy groups -OCH3 is 1. The highest BCUT2D eigenvalue weighted by molar-refractivity contribution is 6.31. The summed E-state index contributed by atoms with van der Waals surface area (Å²) in [5.41, 5.74) is 2.54. The molecule has 0 saturated heterocycles. The lowest BCUT2D eigenvalue weighted by atomic mass is 10.0. The Bertz CT molecular complexity index is 790. The molecule has 3 nitrogen and oxygen atoms in total. The van der Waals surface area contributed by atoms with Gasteiger partial charge >= 0.3 is 0 Å². The van der Waals surface area contributed by atoms with Crippen LogP contribution in [-0.2, 0) is 6.42 Å². The van der Waals surface area contributed by atoms with Crippen molar-refractivity contribution in [1.29, 1.82) is 0 Å². The van der Waals surface area contributed by atoms with Crippen molar-refractivity contribution in [1.82, 2.24) is 4.98 Å². The zero-order chi connectivity index (χ0) is 14.8. The maximum absolute atomic E-state index is 12.5. The molecule has 0 saturated carbocycles. The number of carbonyl (C=O) groups is 1. The van der Waals surface area contributed by atoms with E-state index in [1.54, 1.807) is 19.4 Å². The normalized spacial score (nSPS) is 10.8. The van der Waals surface area contributed by atoms with Crippen LogP contribution in [0.25, 0.3) is 10.9 Å². The molecule has 0 aliphatic heterocycles. The maximum atomic E-state index is 12.5. The number of Topliss-reactive ketones (excluding diaryl/α,β-unsaturated/α-hetero) is 1. The number of H-pyrrole nitrogens is 1. The first-order valence-electron chi connectivity index (χ1n) is 6.60. The zero-order valence-electron chi connectivity index (χ0n) is 11.5. The van der Waals surface area contributed by atoms with Crippen molar-refractivity contribution < 1.29 is 9.53 Å². The minimum Gasteiger partial charge on any atom is -0.497 e. The summed E-state index contributed by atoms with van der Waals surface area (Å²) >= 11 is 6.01. The molecule has 0 unspecified atom stereocenters. The number of hydrogen-bond donors (Lipinski definition) is 1. The summed E-state index contributed by atoms with van der Waals surface area (Å²) in [6.07, 6.45) is 2.09. The molecule has 0 spiro atoms. The van der Waals surface area contributed by atoms with Gasteiger partial charge in [-0.1, -0.05) is 23.7 Å². The average Bonchev–Trinajstić information content (AvgIpc) is 2.91. The number of rotatable bonds is 4. The zero-order valence-corrected chi connectivity index (χ0v) is 12.3. The topological polar surface area (TPSA) is 42.1 Å². The Kier molecular flexibility index (Phi) is 3.67. The summed E-state index contributed by atoms with van der Waals surface area (Å²) < 4.78 is 5.11. The van der Waals surface area contributed by atoms with Gasteiger partial charge in [-0.2, -0.15) is 0 Å². The third-order valence-electron chi connectivity index (χ3n) is 3.47. The van der Waals surface area contributed by atoms with Crippen molar-refractivity contribution in [2.45, 2.75) is 6.42 Å². The predicted octanol–water partition coefficient (Wildman–Crippen LogP) is 4.26. The van der Waals surface area contributed by atoms with Gasteiger partial charge in [0, 0.05) is 34.1 Å². The smallest absolute Gasteiger partial charge is 0.169 e. The number of aromatic nitrogens is 1. The summed E-state index contributed by atoms with van der Waals surface area (Å²) in [4.78, 5) is 15.6. The molecule has 0 atom stereocenters. The van der Waals surface area contributed by atoms with E-state index in [2.05, 4.69) is 4.98 Å². The molecule has 21 heavy (non-hydrogen) atoms. The van der Waals surface area contributed by atoms with Gasteiger partial charge in [0.2, 0.25) is 0 Å². The fraction of sp³-hybridized carbons (Fsp3) is 0.118. The molecule has 0 aliphatic rings. The third-order valence-corrected chi connectivity index (χ3v) is 3.70. The molecule has 0 aliphatic carbocycles. The lowest BCUT2D eigenvalue weighted by molar-refractivity contribution is 0.0994. The van der Waals surface area contributed by atoms with Crippen LogP contribution in [0, 0.1) is 0 Å². The van der Waals surface area contributed by atoms with Crippen LogP contribution in [0.2, 0.25) is 5.02 Å². The Morgan fingerprint density at radius 1 is 1.19 bits per heavy atom. The largest absolute Gasteiger partial charge is 0.497 e. The molecule has 1 aromatic heterocycles. The molecular weight excluding hydrogens is 286 g/mol. The first-order chi connectivity index (χ1) is 10.2. The average molecular weight is 300 g/mol. The highest BCUT2D eigenvalue weighted by Crippen LogP contribution is 2.24. The van der Waals surface area contributed by atoms with Crippen LogP contribution >= 0.6 is 11.6 Å². The van der Waals surface area contributed by atoms with E-state index in [1.807, 2.05) is 36.4 Å². The molecule has 0 bridgehead atoms. The first kappa shape index (κ1) is 13.7. The number of ketones is 1. The van der Waals surface area contributed by atoms with E-state index >= 15 is 0 Å². The standard InChI is InChI=1S/C17H14ClNO2/c1-21-13-5-2-11(3-6-13)8-17(20)15-10-19-16-7-4-12(18)9-14(15)16/h2-7,9-10,19H,8H2,1H3. The van der Waals surface area contributed by atoms with Crippen molar-refractivity contribution >= 4 is 28.3 Å². The highest BCUT2D eigenvalue weighted by atomic mass is 35.5. The Labute approximate surface area is 127 Å². The van der Waals surface area contributed by atoms with Crippen molar-refractivity contribution in [2.24, 2.45) is 0 Å². The van der Waals surface area contributed by atoms with Crippen molar-refractivity contribution in [2.75, 3.05) is 7.11 Å². The van der Waals surface area contributed by atoms with Crippen LogP contribution < -0.4 is 4.74 Å². The molecule has 3 aromatic rings. The van der Waals surface area contributed by atoms with Crippen molar-refractivity contribution in [3.05, 3.63) is 64.8 Å². The van der Waals surface area contributed by atoms with E-state index in [9.17, 15) is 4.79 Å². The van der Waals surface area contributed by atoms with Crippen LogP contribution in [0.4, 0.5) is 0 Å². The summed E-state index contributed by atoms with van der Waals surface area (Å²) in [6.45, 7) is 0. The van der Waals surface area contributed by atoms with E-state index in [-0.39, 0.29) is 5.78 Å². The Hall–Kier alpha value is -2.26. The monoisotopic (exact) mass is 299 g/mol. The predicted molar refractivity (Wildman–Crippen MR) is 84.3 cm³/mol. The van der Waals surface area contributed by atoms with Gasteiger partial charge in [0.05, 0.1) is 7.11 Å². The lowest BCUT2D eigenvalue weighted by Crippen LogP contribution is -2.02. The van der Waals surface area contributed by atoms with E-state index in [0.29, 0.717) is 17.0 Å². The molecule has 0 amide bonds.